The topological polar surface area (TPSA) is 113 Å². The van der Waals surface area contributed by atoms with Crippen molar-refractivity contribution in [3.05, 3.63) is 34.4 Å². The number of hydrogen-bond donors (Lipinski definition) is 2. The molecule has 1 amide bonds. The summed E-state index contributed by atoms with van der Waals surface area (Å²) in [6, 6.07) is 6.10. The Hall–Kier alpha value is -2.64. The standard InChI is InChI=1S/C15H19N3O5/c1-17(11-6-2-3-7-12(11)18(22)23)10-13(19)16-15(14(20)21)8-4-5-9-15/h2-3,6-7H,4-5,8-10H2,1H3,(H,16,19)(H,20,21). The molecule has 8 nitrogen and oxygen atoms in total. The van der Waals surface area contributed by atoms with E-state index in [9.17, 15) is 24.8 Å². The van der Waals surface area contributed by atoms with Gasteiger partial charge in [0.1, 0.15) is 11.2 Å². The van der Waals surface area contributed by atoms with Crippen LogP contribution in [0.25, 0.3) is 0 Å². The van der Waals surface area contributed by atoms with E-state index < -0.39 is 22.3 Å². The second-order valence-corrected chi connectivity index (χ2v) is 5.74. The minimum absolute atomic E-state index is 0.100. The third-order valence-electron chi connectivity index (χ3n) is 4.12. The Morgan fingerprint density at radius 1 is 1.35 bits per heavy atom. The van der Waals surface area contributed by atoms with Crippen LogP contribution in [0.1, 0.15) is 25.7 Å². The average molecular weight is 321 g/mol. The van der Waals surface area contributed by atoms with Gasteiger partial charge in [0.2, 0.25) is 5.91 Å². The van der Waals surface area contributed by atoms with Crippen molar-refractivity contribution in [3.8, 4) is 0 Å². The van der Waals surface area contributed by atoms with Crippen LogP contribution in [0.5, 0.6) is 0 Å². The SMILES string of the molecule is CN(CC(=O)NC1(C(=O)O)CCCC1)c1ccccc1[N+](=O)[O-]. The van der Waals surface area contributed by atoms with E-state index in [1.54, 1.807) is 25.2 Å². The van der Waals surface area contributed by atoms with Crippen LogP contribution >= 0.6 is 0 Å². The number of carboxylic acid groups (broad SMARTS) is 1. The maximum atomic E-state index is 12.2. The molecule has 1 aliphatic carbocycles. The zero-order valence-corrected chi connectivity index (χ0v) is 12.8. The molecule has 1 aliphatic rings. The Morgan fingerprint density at radius 3 is 2.52 bits per heavy atom. The number of rotatable bonds is 6. The van der Waals surface area contributed by atoms with Gasteiger partial charge in [-0.2, -0.15) is 0 Å². The lowest BCUT2D eigenvalue weighted by atomic mass is 9.98. The van der Waals surface area contributed by atoms with Gasteiger partial charge in [-0.15, -0.1) is 0 Å². The number of hydrogen-bond acceptors (Lipinski definition) is 5. The fourth-order valence-electron chi connectivity index (χ4n) is 2.92. The zero-order chi connectivity index (χ0) is 17.0. The largest absolute Gasteiger partial charge is 0.480 e. The van der Waals surface area contributed by atoms with Crippen molar-refractivity contribution in [3.63, 3.8) is 0 Å². The number of carboxylic acids is 1. The van der Waals surface area contributed by atoms with E-state index in [1.165, 1.54) is 11.0 Å². The van der Waals surface area contributed by atoms with Crippen molar-refractivity contribution in [1.29, 1.82) is 0 Å². The van der Waals surface area contributed by atoms with Gasteiger partial charge < -0.3 is 15.3 Å². The van der Waals surface area contributed by atoms with Gasteiger partial charge in [0.15, 0.2) is 0 Å². The van der Waals surface area contributed by atoms with E-state index in [2.05, 4.69) is 5.32 Å². The van der Waals surface area contributed by atoms with Gasteiger partial charge in [-0.1, -0.05) is 25.0 Å². The highest BCUT2D eigenvalue weighted by Gasteiger charge is 2.42. The van der Waals surface area contributed by atoms with Crippen molar-refractivity contribution >= 4 is 23.3 Å². The molecule has 0 aliphatic heterocycles. The predicted octanol–water partition coefficient (Wildman–Crippen LogP) is 1.54. The Morgan fingerprint density at radius 2 is 1.96 bits per heavy atom. The van der Waals surface area contributed by atoms with E-state index in [0.717, 1.165) is 12.8 Å². The highest BCUT2D eigenvalue weighted by molar-refractivity contribution is 5.89. The van der Waals surface area contributed by atoms with Crippen molar-refractivity contribution in [2.75, 3.05) is 18.5 Å². The lowest BCUT2D eigenvalue weighted by molar-refractivity contribution is -0.384. The Kier molecular flexibility index (Phi) is 4.83. The Bertz CT molecular complexity index is 625. The minimum Gasteiger partial charge on any atom is -0.480 e. The zero-order valence-electron chi connectivity index (χ0n) is 12.8. The van der Waals surface area contributed by atoms with Gasteiger partial charge in [-0.05, 0) is 18.9 Å². The predicted molar refractivity (Wildman–Crippen MR) is 83.3 cm³/mol. The first kappa shape index (κ1) is 16.7. The van der Waals surface area contributed by atoms with Crippen LogP contribution in [0.4, 0.5) is 11.4 Å². The molecule has 0 bridgehead atoms. The lowest BCUT2D eigenvalue weighted by Crippen LogP contribution is -2.54. The first-order valence-electron chi connectivity index (χ1n) is 7.35. The summed E-state index contributed by atoms with van der Waals surface area (Å²) in [5.41, 5.74) is -0.999. The van der Waals surface area contributed by atoms with Crippen molar-refractivity contribution < 1.29 is 19.6 Å². The van der Waals surface area contributed by atoms with E-state index in [1.807, 2.05) is 0 Å². The van der Waals surface area contributed by atoms with E-state index in [0.29, 0.717) is 18.5 Å². The van der Waals surface area contributed by atoms with Crippen molar-refractivity contribution in [1.82, 2.24) is 5.32 Å². The third-order valence-corrected chi connectivity index (χ3v) is 4.12. The van der Waals surface area contributed by atoms with Gasteiger partial charge >= 0.3 is 5.97 Å². The molecular weight excluding hydrogens is 302 g/mol. The molecule has 0 radical (unpaired) electrons. The fourth-order valence-corrected chi connectivity index (χ4v) is 2.92. The number of likely N-dealkylation sites (N-methyl/N-ethyl adjacent to an activating group) is 1. The molecule has 1 aromatic carbocycles. The van der Waals surface area contributed by atoms with Crippen LogP contribution in [-0.4, -0.2) is 41.0 Å². The quantitative estimate of drug-likeness (QED) is 0.607. The van der Waals surface area contributed by atoms with Crippen LogP contribution in [0, 0.1) is 10.1 Å². The van der Waals surface area contributed by atoms with E-state index >= 15 is 0 Å². The summed E-state index contributed by atoms with van der Waals surface area (Å²) < 4.78 is 0. The highest BCUT2D eigenvalue weighted by Crippen LogP contribution is 2.30. The lowest BCUT2D eigenvalue weighted by Gasteiger charge is -2.27. The average Bonchev–Trinajstić information content (AvgIpc) is 2.96. The summed E-state index contributed by atoms with van der Waals surface area (Å²) in [6.45, 7) is -0.153. The minimum atomic E-state index is -1.21. The first-order valence-corrected chi connectivity index (χ1v) is 7.35. The number of nitrogens with zero attached hydrogens (tertiary/aromatic N) is 2. The normalized spacial score (nSPS) is 15.9. The Labute approximate surface area is 133 Å². The molecule has 2 rings (SSSR count). The van der Waals surface area contributed by atoms with Gasteiger partial charge in [0.05, 0.1) is 11.5 Å². The molecule has 0 heterocycles. The van der Waals surface area contributed by atoms with Crippen LogP contribution in [0.15, 0.2) is 24.3 Å². The number of anilines is 1. The highest BCUT2D eigenvalue weighted by atomic mass is 16.6. The third kappa shape index (κ3) is 3.58. The maximum Gasteiger partial charge on any atom is 0.329 e. The molecule has 0 aromatic heterocycles. The smallest absolute Gasteiger partial charge is 0.329 e. The molecule has 0 unspecified atom stereocenters. The van der Waals surface area contributed by atoms with Crippen LogP contribution in [0.2, 0.25) is 0 Å². The molecule has 0 saturated heterocycles. The fraction of sp³-hybridized carbons (Fsp3) is 0.467. The number of nitrogens with one attached hydrogen (secondary N) is 1. The summed E-state index contributed by atoms with van der Waals surface area (Å²) in [7, 11) is 1.56. The molecule has 0 spiro atoms. The number of carbonyl (C=O) groups is 2. The van der Waals surface area contributed by atoms with Gasteiger partial charge in [-0.3, -0.25) is 14.9 Å². The number of amides is 1. The number of nitro benzene ring substituents is 1. The number of aliphatic carboxylic acids is 1. The first-order chi connectivity index (χ1) is 10.9. The summed E-state index contributed by atoms with van der Waals surface area (Å²) in [5.74, 6) is -1.49. The van der Waals surface area contributed by atoms with Crippen LogP contribution in [-0.2, 0) is 9.59 Å². The summed E-state index contributed by atoms with van der Waals surface area (Å²) >= 11 is 0. The van der Waals surface area contributed by atoms with E-state index in [4.69, 9.17) is 0 Å². The molecule has 1 saturated carbocycles. The van der Waals surface area contributed by atoms with Crippen molar-refractivity contribution in [2.24, 2.45) is 0 Å². The van der Waals surface area contributed by atoms with Gasteiger partial charge in [0.25, 0.3) is 5.69 Å². The van der Waals surface area contributed by atoms with Crippen LogP contribution in [0.3, 0.4) is 0 Å². The maximum absolute atomic E-state index is 12.2. The van der Waals surface area contributed by atoms with Gasteiger partial charge in [-0.25, -0.2) is 4.79 Å². The van der Waals surface area contributed by atoms with Crippen molar-refractivity contribution in [2.45, 2.75) is 31.2 Å². The molecule has 0 atom stereocenters. The molecule has 2 N–H and O–H groups in total. The van der Waals surface area contributed by atoms with Gasteiger partial charge in [0, 0.05) is 13.1 Å². The Balaban J connectivity index is 2.08. The monoisotopic (exact) mass is 321 g/mol. The van der Waals surface area contributed by atoms with E-state index in [-0.39, 0.29) is 12.2 Å². The molecule has 124 valence electrons. The summed E-state index contributed by atoms with van der Waals surface area (Å²) in [6.07, 6.45) is 2.33. The number of nitro groups is 1. The number of para-hydroxylation sites is 2. The molecular formula is C15H19N3O5. The molecule has 1 fully saturated rings. The molecule has 23 heavy (non-hydrogen) atoms. The molecule has 8 heteroatoms. The summed E-state index contributed by atoms with van der Waals surface area (Å²) in [5, 5.41) is 23.0. The second kappa shape index (κ2) is 6.64. The number of carbonyl (C=O) groups excluding carboxylic acids is 1. The second-order valence-electron chi connectivity index (χ2n) is 5.74. The molecule has 1 aromatic rings. The number of benzene rings is 1. The van der Waals surface area contributed by atoms with Crippen LogP contribution < -0.4 is 10.2 Å². The summed E-state index contributed by atoms with van der Waals surface area (Å²) in [4.78, 5) is 35.6.